The summed E-state index contributed by atoms with van der Waals surface area (Å²) in [6.07, 6.45) is 1.07. The zero-order chi connectivity index (χ0) is 42.2. The van der Waals surface area contributed by atoms with Crippen LogP contribution in [0.1, 0.15) is 91.2 Å². The fourth-order valence-corrected chi connectivity index (χ4v) is 11.0. The number of sulfonamides is 1. The number of hydrogen-bond acceptors (Lipinski definition) is 11. The molecule has 322 valence electrons. The summed E-state index contributed by atoms with van der Waals surface area (Å²) in [6.45, 7) is 6.78. The minimum absolute atomic E-state index is 0.180. The number of alkyl halides is 2. The number of alkyl carbamates (subject to hydrolysis) is 1. The van der Waals surface area contributed by atoms with Crippen LogP contribution in [0, 0.1) is 35.0 Å². The zero-order valence-electron chi connectivity index (χ0n) is 34.0. The molecule has 18 heteroatoms. The topological polar surface area (TPSA) is 195 Å². The van der Waals surface area contributed by atoms with E-state index in [0.29, 0.717) is 53.6 Å². The number of ether oxygens (including phenoxy) is 3. The summed E-state index contributed by atoms with van der Waals surface area (Å²) in [4.78, 5) is 67.7. The highest BCUT2D eigenvalue weighted by Gasteiger charge is 2.67. The molecule has 0 spiro atoms. The minimum Gasteiger partial charge on any atom is -0.497 e. The van der Waals surface area contributed by atoms with E-state index in [9.17, 15) is 36.4 Å². The van der Waals surface area contributed by atoms with Gasteiger partial charge in [0.2, 0.25) is 34.1 Å². The van der Waals surface area contributed by atoms with Crippen LogP contribution in [0.3, 0.4) is 0 Å². The van der Waals surface area contributed by atoms with E-state index >= 15 is 0 Å². The first kappa shape index (κ1) is 41.4. The summed E-state index contributed by atoms with van der Waals surface area (Å²) in [5.41, 5.74) is -1.41. The molecule has 6 aliphatic rings. The minimum atomic E-state index is -4.14. The zero-order valence-corrected chi connectivity index (χ0v) is 34.9. The maximum absolute atomic E-state index is 14.9. The van der Waals surface area contributed by atoms with Crippen molar-refractivity contribution in [3.8, 4) is 11.6 Å². The lowest BCUT2D eigenvalue weighted by Crippen LogP contribution is -2.61. The molecule has 3 heterocycles. The van der Waals surface area contributed by atoms with Gasteiger partial charge in [-0.3, -0.25) is 19.1 Å². The van der Waals surface area contributed by atoms with Crippen molar-refractivity contribution in [3.05, 3.63) is 23.9 Å². The first-order valence-electron chi connectivity index (χ1n) is 20.9. The Labute approximate surface area is 342 Å². The lowest BCUT2D eigenvalue weighted by atomic mass is 9.85. The van der Waals surface area contributed by atoms with E-state index in [1.165, 1.54) is 12.0 Å². The molecule has 1 aromatic carbocycles. The van der Waals surface area contributed by atoms with Crippen molar-refractivity contribution in [2.75, 3.05) is 13.7 Å². The van der Waals surface area contributed by atoms with Crippen molar-refractivity contribution in [1.82, 2.24) is 30.2 Å². The number of nitrogens with one attached hydrogen (secondary N) is 3. The molecule has 1 saturated heterocycles. The Morgan fingerprint density at radius 2 is 1.78 bits per heavy atom. The van der Waals surface area contributed by atoms with Crippen LogP contribution < -0.4 is 24.8 Å². The van der Waals surface area contributed by atoms with Crippen LogP contribution in [0.15, 0.2) is 18.2 Å². The van der Waals surface area contributed by atoms with E-state index in [1.54, 1.807) is 39.8 Å². The average Bonchev–Trinajstić information content (AvgIpc) is 4.09. The predicted molar refractivity (Wildman–Crippen MR) is 209 cm³/mol. The molecular weight excluding hydrogens is 791 g/mol. The standard InChI is InChI=1S/C41H54F2N6O9S/c1-20-31-19-49(32(20)35(50)47-41(18-26(41)34(42)43)38(52)48-59(54,55)23-12-13-23)37(51)33(40(2,3)4)46-39(53)58-30-16-21-15-25(21)24(30)9-7-6-8-10-28-36(57-31)45-29-17-22(56-5)11-14-27(29)44-28/h11,14,17,20-21,23-26,30-34H,6-10,12-13,15-16,18-19H2,1-5H3,(H,46,53)(H,47,50)(H,48,52)/t20-,21+,24-,25+,26+,30-,31+,32+,33-,41-/m1/s1. The number of carbonyl (C=O) groups excluding carboxylic acids is 4. The van der Waals surface area contributed by atoms with Crippen LogP contribution in [-0.4, -0.2) is 102 Å². The van der Waals surface area contributed by atoms with Crippen LogP contribution in [0.5, 0.6) is 11.6 Å². The largest absolute Gasteiger partial charge is 0.497 e. The van der Waals surface area contributed by atoms with Gasteiger partial charge in [-0.2, -0.15) is 0 Å². The van der Waals surface area contributed by atoms with Crippen molar-refractivity contribution < 1.29 is 50.6 Å². The maximum Gasteiger partial charge on any atom is 0.408 e. The third-order valence-corrected chi connectivity index (χ3v) is 15.2. The highest BCUT2D eigenvalue weighted by Crippen LogP contribution is 2.58. The molecule has 3 N–H and O–H groups in total. The first-order chi connectivity index (χ1) is 27.9. The monoisotopic (exact) mass is 844 g/mol. The van der Waals surface area contributed by atoms with Gasteiger partial charge in [-0.1, -0.05) is 40.5 Å². The van der Waals surface area contributed by atoms with Crippen LogP contribution in [0.4, 0.5) is 13.6 Å². The summed E-state index contributed by atoms with van der Waals surface area (Å²) >= 11 is 0. The second-order valence-electron chi connectivity index (χ2n) is 18.6. The van der Waals surface area contributed by atoms with Crippen molar-refractivity contribution in [2.24, 2.45) is 35.0 Å². The van der Waals surface area contributed by atoms with Crippen molar-refractivity contribution >= 4 is 44.9 Å². The van der Waals surface area contributed by atoms with Gasteiger partial charge in [-0.25, -0.2) is 32.0 Å². The molecule has 59 heavy (non-hydrogen) atoms. The normalized spacial score (nSPS) is 33.6. The van der Waals surface area contributed by atoms with E-state index in [2.05, 4.69) is 10.6 Å². The Morgan fingerprint density at radius 1 is 1.02 bits per heavy atom. The SMILES string of the molecule is COc1ccc2nc3c(nc2c1)O[C@H]1CN(C(=O)[C@H](C(C)(C)C)NC(=O)O[C@@H]2C[C@@H]4C[C@@H]4[C@H]2CCCCC3)[C@H](C(=O)N[C@]2(C(=O)NS(=O)(=O)C3CC3)C[C@H]2C(F)F)[C@@H]1C. The molecule has 0 radical (unpaired) electrons. The summed E-state index contributed by atoms with van der Waals surface area (Å²) in [5.74, 6) is -3.33. The smallest absolute Gasteiger partial charge is 0.408 e. The Bertz CT molecular complexity index is 2130. The molecule has 2 bridgehead atoms. The van der Waals surface area contributed by atoms with E-state index in [1.807, 2.05) is 10.8 Å². The van der Waals surface area contributed by atoms with Crippen LogP contribution in [0.2, 0.25) is 0 Å². The molecule has 10 atom stereocenters. The summed E-state index contributed by atoms with van der Waals surface area (Å²) < 4.78 is 74.2. The number of aromatic nitrogens is 2. The number of amides is 4. The van der Waals surface area contributed by atoms with Crippen LogP contribution >= 0.6 is 0 Å². The van der Waals surface area contributed by atoms with Crippen molar-refractivity contribution in [2.45, 2.75) is 133 Å². The highest BCUT2D eigenvalue weighted by atomic mass is 32.2. The number of rotatable bonds is 7. The van der Waals surface area contributed by atoms with Gasteiger partial charge in [-0.05, 0) is 86.7 Å². The molecular formula is C41H54F2N6O9S. The third-order valence-electron chi connectivity index (χ3n) is 13.4. The number of aryl methyl sites for hydroxylation is 1. The van der Waals surface area contributed by atoms with Gasteiger partial charge in [0.05, 0.1) is 35.9 Å². The number of halogens is 2. The highest BCUT2D eigenvalue weighted by molar-refractivity contribution is 7.91. The van der Waals surface area contributed by atoms with E-state index < -0.39 is 92.9 Å². The molecule has 8 rings (SSSR count). The van der Waals surface area contributed by atoms with Gasteiger partial charge in [0, 0.05) is 12.0 Å². The van der Waals surface area contributed by atoms with Crippen molar-refractivity contribution in [1.29, 1.82) is 0 Å². The van der Waals surface area contributed by atoms with Gasteiger partial charge in [0.15, 0.2) is 0 Å². The second-order valence-corrected chi connectivity index (χ2v) is 20.6. The quantitative estimate of drug-likeness (QED) is 0.361. The first-order valence-corrected chi connectivity index (χ1v) is 22.4. The lowest BCUT2D eigenvalue weighted by Gasteiger charge is -2.36. The number of benzene rings is 1. The van der Waals surface area contributed by atoms with E-state index in [4.69, 9.17) is 24.2 Å². The van der Waals surface area contributed by atoms with E-state index in [-0.39, 0.29) is 24.4 Å². The summed E-state index contributed by atoms with van der Waals surface area (Å²) in [5, 5.41) is 4.48. The second kappa shape index (κ2) is 15.3. The summed E-state index contributed by atoms with van der Waals surface area (Å²) in [7, 11) is -2.60. The van der Waals surface area contributed by atoms with Crippen molar-refractivity contribution in [3.63, 3.8) is 0 Å². The van der Waals surface area contributed by atoms with Gasteiger partial charge in [0.1, 0.15) is 41.3 Å². The molecule has 2 aromatic rings. The van der Waals surface area contributed by atoms with Gasteiger partial charge < -0.3 is 29.7 Å². The Balaban J connectivity index is 1.15. The molecule has 4 amide bonds. The van der Waals surface area contributed by atoms with Gasteiger partial charge in [0.25, 0.3) is 5.91 Å². The molecule has 1 aromatic heterocycles. The number of hydrogen-bond donors (Lipinski definition) is 3. The van der Waals surface area contributed by atoms with E-state index in [0.717, 1.165) is 38.5 Å². The molecule has 4 aliphatic carbocycles. The average molecular weight is 845 g/mol. The Hall–Kier alpha value is -4.35. The summed E-state index contributed by atoms with van der Waals surface area (Å²) in [6, 6.07) is 2.73. The third kappa shape index (κ3) is 8.13. The molecule has 15 nitrogen and oxygen atoms in total. The van der Waals surface area contributed by atoms with Gasteiger partial charge >= 0.3 is 6.09 Å². The lowest BCUT2D eigenvalue weighted by molar-refractivity contribution is -0.143. The Kier molecular flexibility index (Phi) is 10.7. The fourth-order valence-electron chi connectivity index (χ4n) is 9.63. The predicted octanol–water partition coefficient (Wildman–Crippen LogP) is 4.26. The fraction of sp³-hybridized carbons (Fsp3) is 0.707. The maximum atomic E-state index is 14.9. The number of nitrogens with zero attached hydrogens (tertiary/aromatic N) is 3. The van der Waals surface area contributed by atoms with Gasteiger partial charge in [-0.15, -0.1) is 0 Å². The molecule has 2 aliphatic heterocycles. The Morgan fingerprint density at radius 3 is 2.46 bits per heavy atom. The molecule has 4 saturated carbocycles. The number of methoxy groups -OCH3 is 1. The van der Waals surface area contributed by atoms with Crippen LogP contribution in [0.25, 0.3) is 11.0 Å². The molecule has 5 fully saturated rings. The molecule has 0 unspecified atom stereocenters. The number of fused-ring (bicyclic) bond motifs is 7. The van der Waals surface area contributed by atoms with Crippen LogP contribution in [-0.2, 0) is 35.6 Å². The number of carbonyl (C=O) groups is 4.